The number of aromatic carboxylic acids is 1. The zero-order valence-corrected chi connectivity index (χ0v) is 20.9. The molecule has 1 unspecified atom stereocenters. The van der Waals surface area contributed by atoms with E-state index in [2.05, 4.69) is 31.2 Å². The molecule has 2 heterocycles. The number of carboxylic acids is 1. The Hall–Kier alpha value is -2.44. The molecule has 1 aromatic carbocycles. The Balaban J connectivity index is 1.37. The van der Waals surface area contributed by atoms with Crippen molar-refractivity contribution in [2.24, 2.45) is 5.92 Å². The second kappa shape index (κ2) is 13.4. The predicted octanol–water partition coefficient (Wildman–Crippen LogP) is 5.73. The van der Waals surface area contributed by atoms with Crippen LogP contribution in [0.4, 0.5) is 0 Å². The van der Waals surface area contributed by atoms with Crippen LogP contribution in [0.2, 0.25) is 0 Å². The van der Waals surface area contributed by atoms with Crippen LogP contribution in [0.5, 0.6) is 0 Å². The van der Waals surface area contributed by atoms with Crippen molar-refractivity contribution >= 4 is 23.2 Å². The zero-order valence-electron chi connectivity index (χ0n) is 20.1. The highest BCUT2D eigenvalue weighted by Gasteiger charge is 2.28. The van der Waals surface area contributed by atoms with E-state index in [1.54, 1.807) is 6.07 Å². The number of carbonyl (C=O) groups excluding carboxylic acids is 1. The number of thiophene rings is 1. The fraction of sp³-hybridized carbons (Fsp3) is 0.500. The molecule has 1 aromatic heterocycles. The predicted molar refractivity (Wildman–Crippen MR) is 137 cm³/mol. The zero-order chi connectivity index (χ0) is 24.3. The summed E-state index contributed by atoms with van der Waals surface area (Å²) >= 11 is 1.30. The number of aliphatic hydroxyl groups excluding tert-OH is 1. The molecule has 6 heteroatoms. The van der Waals surface area contributed by atoms with Crippen molar-refractivity contribution < 1.29 is 19.8 Å². The second-order valence-electron chi connectivity index (χ2n) is 9.31. The number of hydrogen-bond acceptors (Lipinski definition) is 4. The molecule has 2 N–H and O–H groups in total. The molecule has 184 valence electrons. The van der Waals surface area contributed by atoms with Crippen LogP contribution >= 0.6 is 11.3 Å². The summed E-state index contributed by atoms with van der Waals surface area (Å²) in [6.45, 7) is 2.75. The minimum Gasteiger partial charge on any atom is -0.477 e. The molecule has 3 atom stereocenters. The van der Waals surface area contributed by atoms with Gasteiger partial charge in [0.1, 0.15) is 4.88 Å². The summed E-state index contributed by atoms with van der Waals surface area (Å²) in [5.41, 5.74) is 1.38. The van der Waals surface area contributed by atoms with Crippen LogP contribution in [0.1, 0.15) is 72.0 Å². The standard InChI is InChI=1S/C28H37NO4S/c1-21(9-4-2-5-10-22-11-6-3-7-12-22)25(30)17-14-23-15-19-27(31)29(23)20-8-13-24-16-18-26(34-24)28(32)33/h3,6-7,11-12,14,16-18,21,23,25,30H,2,4-5,8-10,13,15,19-20H2,1H3,(H,32,33)/t21-,23?,25-/m0/s1. The highest BCUT2D eigenvalue weighted by molar-refractivity contribution is 7.13. The number of nitrogens with zero attached hydrogens (tertiary/aromatic N) is 1. The fourth-order valence-corrected chi connectivity index (χ4v) is 5.41. The van der Waals surface area contributed by atoms with Gasteiger partial charge in [0.2, 0.25) is 5.91 Å². The normalized spacial score (nSPS) is 18.0. The summed E-state index contributed by atoms with van der Waals surface area (Å²) in [7, 11) is 0. The van der Waals surface area contributed by atoms with E-state index in [-0.39, 0.29) is 17.9 Å². The highest BCUT2D eigenvalue weighted by Crippen LogP contribution is 2.23. The van der Waals surface area contributed by atoms with Crippen molar-refractivity contribution in [3.8, 4) is 0 Å². The Morgan fingerprint density at radius 3 is 2.65 bits per heavy atom. The lowest BCUT2D eigenvalue weighted by Gasteiger charge is -2.23. The molecule has 34 heavy (non-hydrogen) atoms. The molecule has 0 bridgehead atoms. The maximum atomic E-state index is 12.4. The number of aliphatic hydroxyl groups is 1. The lowest BCUT2D eigenvalue weighted by molar-refractivity contribution is -0.128. The Kier molecular flexibility index (Phi) is 10.4. The molecule has 3 rings (SSSR count). The van der Waals surface area contributed by atoms with E-state index in [4.69, 9.17) is 5.11 Å². The number of hydrogen-bond donors (Lipinski definition) is 2. The molecular weight excluding hydrogens is 446 g/mol. The molecule has 5 nitrogen and oxygen atoms in total. The molecule has 0 saturated carbocycles. The first-order valence-electron chi connectivity index (χ1n) is 12.5. The van der Waals surface area contributed by atoms with Gasteiger partial charge in [0.05, 0.1) is 12.1 Å². The van der Waals surface area contributed by atoms with Gasteiger partial charge >= 0.3 is 5.97 Å². The summed E-state index contributed by atoms with van der Waals surface area (Å²) in [5.74, 6) is -0.537. The van der Waals surface area contributed by atoms with Crippen molar-refractivity contribution in [1.82, 2.24) is 4.90 Å². The highest BCUT2D eigenvalue weighted by atomic mass is 32.1. The lowest BCUT2D eigenvalue weighted by atomic mass is 9.95. The summed E-state index contributed by atoms with van der Waals surface area (Å²) in [6.07, 6.45) is 11.8. The molecule has 2 aromatic rings. The van der Waals surface area contributed by atoms with Crippen LogP contribution in [-0.2, 0) is 17.6 Å². The topological polar surface area (TPSA) is 77.8 Å². The van der Waals surface area contributed by atoms with Crippen LogP contribution in [0.25, 0.3) is 0 Å². The maximum absolute atomic E-state index is 12.4. The Morgan fingerprint density at radius 2 is 1.91 bits per heavy atom. The maximum Gasteiger partial charge on any atom is 0.345 e. The fourth-order valence-electron chi connectivity index (χ4n) is 4.52. The summed E-state index contributed by atoms with van der Waals surface area (Å²) in [6, 6.07) is 14.1. The van der Waals surface area contributed by atoms with Gasteiger partial charge in [-0.05, 0) is 62.1 Å². The number of unbranched alkanes of at least 4 members (excludes halogenated alkanes) is 2. The number of benzene rings is 1. The van der Waals surface area contributed by atoms with Crippen LogP contribution in [-0.4, -0.2) is 45.7 Å². The molecule has 1 aliphatic rings. The number of carbonyl (C=O) groups is 2. The number of aryl methyl sites for hydroxylation is 2. The third-order valence-electron chi connectivity index (χ3n) is 6.65. The largest absolute Gasteiger partial charge is 0.477 e. The van der Waals surface area contributed by atoms with Crippen molar-refractivity contribution in [1.29, 1.82) is 0 Å². The van der Waals surface area contributed by atoms with E-state index in [1.807, 2.05) is 29.2 Å². The van der Waals surface area contributed by atoms with E-state index in [0.717, 1.165) is 43.4 Å². The summed E-state index contributed by atoms with van der Waals surface area (Å²) in [4.78, 5) is 26.7. The average molecular weight is 484 g/mol. The minimum absolute atomic E-state index is 0.0399. The monoisotopic (exact) mass is 483 g/mol. The van der Waals surface area contributed by atoms with Gasteiger partial charge in [-0.2, -0.15) is 0 Å². The SMILES string of the molecule is C[C@@H](CCCCCc1ccccc1)[C@@H](O)C=CC1CCC(=O)N1CCCc1ccc(C(=O)O)s1. The molecule has 1 amide bonds. The van der Waals surface area contributed by atoms with Crippen LogP contribution in [0.3, 0.4) is 0 Å². The van der Waals surface area contributed by atoms with Gasteiger partial charge in [-0.3, -0.25) is 4.79 Å². The number of rotatable bonds is 14. The lowest BCUT2D eigenvalue weighted by Crippen LogP contribution is -2.33. The van der Waals surface area contributed by atoms with Gasteiger partial charge in [0.25, 0.3) is 0 Å². The minimum atomic E-state index is -0.892. The smallest absolute Gasteiger partial charge is 0.345 e. The van der Waals surface area contributed by atoms with Crippen molar-refractivity contribution in [2.45, 2.75) is 76.9 Å². The van der Waals surface area contributed by atoms with Gasteiger partial charge in [0, 0.05) is 17.8 Å². The first-order valence-corrected chi connectivity index (χ1v) is 13.3. The average Bonchev–Trinajstić information content (AvgIpc) is 3.45. The number of carboxylic acid groups (broad SMARTS) is 1. The molecule has 1 aliphatic heterocycles. The molecule has 1 saturated heterocycles. The van der Waals surface area contributed by atoms with E-state index >= 15 is 0 Å². The van der Waals surface area contributed by atoms with Gasteiger partial charge in [-0.1, -0.05) is 62.2 Å². The van der Waals surface area contributed by atoms with Crippen molar-refractivity contribution in [3.05, 3.63) is 69.9 Å². The molecule has 0 radical (unpaired) electrons. The van der Waals surface area contributed by atoms with Gasteiger partial charge in [-0.15, -0.1) is 11.3 Å². The van der Waals surface area contributed by atoms with Gasteiger partial charge < -0.3 is 15.1 Å². The number of amides is 1. The molecule has 0 aliphatic carbocycles. The Morgan fingerprint density at radius 1 is 1.12 bits per heavy atom. The Labute approximate surface area is 207 Å². The Bertz CT molecular complexity index is 939. The van der Waals surface area contributed by atoms with Gasteiger partial charge in [0.15, 0.2) is 0 Å². The van der Waals surface area contributed by atoms with E-state index in [1.165, 1.54) is 29.7 Å². The van der Waals surface area contributed by atoms with Crippen LogP contribution in [0.15, 0.2) is 54.6 Å². The van der Waals surface area contributed by atoms with Crippen LogP contribution < -0.4 is 0 Å². The van der Waals surface area contributed by atoms with Gasteiger partial charge in [-0.25, -0.2) is 4.79 Å². The molecule has 0 spiro atoms. The van der Waals surface area contributed by atoms with Crippen molar-refractivity contribution in [2.75, 3.05) is 6.54 Å². The quantitative estimate of drug-likeness (QED) is 0.266. The molecular formula is C28H37NO4S. The first kappa shape index (κ1) is 26.2. The van der Waals surface area contributed by atoms with Crippen LogP contribution in [0, 0.1) is 5.92 Å². The third-order valence-corrected chi connectivity index (χ3v) is 7.78. The van der Waals surface area contributed by atoms with E-state index in [9.17, 15) is 14.7 Å². The summed E-state index contributed by atoms with van der Waals surface area (Å²) < 4.78 is 0. The summed E-state index contributed by atoms with van der Waals surface area (Å²) in [5, 5.41) is 19.7. The van der Waals surface area contributed by atoms with E-state index < -0.39 is 12.1 Å². The molecule has 1 fully saturated rings. The van der Waals surface area contributed by atoms with Crippen molar-refractivity contribution in [3.63, 3.8) is 0 Å². The third kappa shape index (κ3) is 8.10. The first-order chi connectivity index (χ1) is 16.4. The second-order valence-corrected chi connectivity index (χ2v) is 10.5. The van der Waals surface area contributed by atoms with E-state index in [0.29, 0.717) is 17.8 Å². The number of likely N-dealkylation sites (tertiary alicyclic amines) is 1.